The van der Waals surface area contributed by atoms with E-state index in [2.05, 4.69) is 17.5 Å². The van der Waals surface area contributed by atoms with Crippen LogP contribution < -0.4 is 10.2 Å². The fourth-order valence-corrected chi connectivity index (χ4v) is 1.83. The normalized spacial score (nSPS) is 11.5. The van der Waals surface area contributed by atoms with Gasteiger partial charge in [0.1, 0.15) is 11.4 Å². The third-order valence-electron chi connectivity index (χ3n) is 2.92. The first-order valence-corrected chi connectivity index (χ1v) is 8.15. The molecule has 1 aromatic carbocycles. The lowest BCUT2D eigenvalue weighted by molar-refractivity contribution is 0.0529. The van der Waals surface area contributed by atoms with E-state index in [1.165, 1.54) is 19.3 Å². The van der Waals surface area contributed by atoms with Gasteiger partial charge >= 0.3 is 6.09 Å². The highest BCUT2D eigenvalue weighted by atomic mass is 16.6. The van der Waals surface area contributed by atoms with Gasteiger partial charge in [-0.3, -0.25) is 0 Å². The van der Waals surface area contributed by atoms with Crippen LogP contribution in [0.2, 0.25) is 0 Å². The lowest BCUT2D eigenvalue weighted by Gasteiger charge is -2.18. The van der Waals surface area contributed by atoms with Crippen molar-refractivity contribution in [2.45, 2.75) is 59.0 Å². The van der Waals surface area contributed by atoms with Crippen LogP contribution in [-0.2, 0) is 4.74 Å². The molecule has 5 heteroatoms. The fraction of sp³-hybridized carbons (Fsp3) is 0.556. The van der Waals surface area contributed by atoms with E-state index in [0.29, 0.717) is 0 Å². The maximum Gasteiger partial charge on any atom is 0.428 e. The van der Waals surface area contributed by atoms with Crippen LogP contribution in [0.4, 0.5) is 4.79 Å². The smallest absolute Gasteiger partial charge is 0.428 e. The number of nitrogens with one attached hydrogen (secondary N) is 1. The van der Waals surface area contributed by atoms with Gasteiger partial charge < -0.3 is 9.47 Å². The summed E-state index contributed by atoms with van der Waals surface area (Å²) in [6.45, 7) is 8.35. The Bertz CT molecular complexity index is 490. The van der Waals surface area contributed by atoms with Gasteiger partial charge in [-0.1, -0.05) is 26.2 Å². The number of ether oxygens (including phenoxy) is 2. The highest BCUT2D eigenvalue weighted by Crippen LogP contribution is 2.12. The molecule has 128 valence electrons. The highest BCUT2D eigenvalue weighted by Gasteiger charge is 2.15. The summed E-state index contributed by atoms with van der Waals surface area (Å²) < 4.78 is 10.8. The van der Waals surface area contributed by atoms with Gasteiger partial charge in [-0.05, 0) is 57.0 Å². The Morgan fingerprint density at radius 1 is 1.17 bits per heavy atom. The van der Waals surface area contributed by atoms with Crippen LogP contribution in [-0.4, -0.2) is 24.5 Å². The average molecular weight is 320 g/mol. The van der Waals surface area contributed by atoms with Crippen molar-refractivity contribution in [2.75, 3.05) is 6.61 Å². The first kappa shape index (κ1) is 19.0. The Morgan fingerprint density at radius 3 is 2.48 bits per heavy atom. The van der Waals surface area contributed by atoms with Crippen LogP contribution >= 0.6 is 0 Å². The summed E-state index contributed by atoms with van der Waals surface area (Å²) in [5.41, 5.74) is 2.68. The first-order chi connectivity index (χ1) is 10.9. The van der Waals surface area contributed by atoms with E-state index in [1.807, 2.05) is 24.3 Å². The molecule has 0 unspecified atom stereocenters. The number of hydrogen-bond donors (Lipinski definition) is 1. The molecule has 0 atom stereocenters. The molecule has 0 radical (unpaired) electrons. The molecule has 5 nitrogen and oxygen atoms in total. The van der Waals surface area contributed by atoms with E-state index >= 15 is 0 Å². The number of nitrogens with zero attached hydrogens (tertiary/aromatic N) is 1. The van der Waals surface area contributed by atoms with E-state index in [1.54, 1.807) is 27.0 Å². The third kappa shape index (κ3) is 9.55. The van der Waals surface area contributed by atoms with Gasteiger partial charge in [-0.25, -0.2) is 10.2 Å². The van der Waals surface area contributed by atoms with Gasteiger partial charge in [0.2, 0.25) is 0 Å². The molecule has 1 rings (SSSR count). The van der Waals surface area contributed by atoms with Gasteiger partial charge in [0.05, 0.1) is 12.8 Å². The molecular formula is C18H28N2O3. The Labute approximate surface area is 139 Å². The average Bonchev–Trinajstić information content (AvgIpc) is 2.47. The Morgan fingerprint density at radius 2 is 1.87 bits per heavy atom. The van der Waals surface area contributed by atoms with Gasteiger partial charge in [-0.2, -0.15) is 5.10 Å². The molecule has 0 aliphatic heterocycles. The van der Waals surface area contributed by atoms with Crippen LogP contribution in [0.15, 0.2) is 29.4 Å². The van der Waals surface area contributed by atoms with Crippen LogP contribution in [0.1, 0.15) is 58.9 Å². The second kappa shape index (κ2) is 9.87. The second-order valence-corrected chi connectivity index (χ2v) is 6.35. The predicted molar refractivity (Wildman–Crippen MR) is 93.0 cm³/mol. The van der Waals surface area contributed by atoms with Crippen molar-refractivity contribution in [3.05, 3.63) is 29.8 Å². The molecule has 0 aliphatic rings. The van der Waals surface area contributed by atoms with Gasteiger partial charge in [0.15, 0.2) is 0 Å². The largest absolute Gasteiger partial charge is 0.494 e. The number of hydrogen-bond acceptors (Lipinski definition) is 4. The molecule has 0 saturated carbocycles. The van der Waals surface area contributed by atoms with Crippen LogP contribution in [0.5, 0.6) is 5.75 Å². The SMILES string of the molecule is CCCCCCOc1ccc(C=NNC(=O)OC(C)(C)C)cc1. The quantitative estimate of drug-likeness (QED) is 0.436. The molecule has 0 saturated heterocycles. The molecular weight excluding hydrogens is 292 g/mol. The number of amides is 1. The Hall–Kier alpha value is -2.04. The van der Waals surface area contributed by atoms with Crippen LogP contribution in [0, 0.1) is 0 Å². The van der Waals surface area contributed by atoms with Crippen molar-refractivity contribution >= 4 is 12.3 Å². The van der Waals surface area contributed by atoms with Crippen molar-refractivity contribution < 1.29 is 14.3 Å². The zero-order valence-corrected chi connectivity index (χ0v) is 14.6. The summed E-state index contributed by atoms with van der Waals surface area (Å²) >= 11 is 0. The van der Waals surface area contributed by atoms with E-state index in [-0.39, 0.29) is 0 Å². The molecule has 1 amide bonds. The summed E-state index contributed by atoms with van der Waals surface area (Å²) in [6.07, 6.45) is 5.76. The number of unbranched alkanes of at least 4 members (excludes halogenated alkanes) is 3. The highest BCUT2D eigenvalue weighted by molar-refractivity contribution is 5.81. The topological polar surface area (TPSA) is 59.9 Å². The van der Waals surface area contributed by atoms with Gasteiger partial charge in [0.25, 0.3) is 0 Å². The molecule has 0 spiro atoms. The molecule has 23 heavy (non-hydrogen) atoms. The monoisotopic (exact) mass is 320 g/mol. The number of carbonyl (C=O) groups excluding carboxylic acids is 1. The molecule has 0 aromatic heterocycles. The standard InChI is InChI=1S/C18H28N2O3/c1-5-6-7-8-13-22-16-11-9-15(10-12-16)14-19-20-17(21)23-18(2,3)4/h9-12,14H,5-8,13H2,1-4H3,(H,20,21). The summed E-state index contributed by atoms with van der Waals surface area (Å²) in [4.78, 5) is 11.4. The van der Waals surface area contributed by atoms with Crippen molar-refractivity contribution in [1.82, 2.24) is 5.43 Å². The van der Waals surface area contributed by atoms with Crippen molar-refractivity contribution in [1.29, 1.82) is 0 Å². The minimum absolute atomic E-state index is 0.532. The molecule has 1 N–H and O–H groups in total. The summed E-state index contributed by atoms with van der Waals surface area (Å²) in [7, 11) is 0. The van der Waals surface area contributed by atoms with Crippen molar-refractivity contribution in [3.63, 3.8) is 0 Å². The van der Waals surface area contributed by atoms with Gasteiger partial charge in [-0.15, -0.1) is 0 Å². The molecule has 0 heterocycles. The zero-order valence-electron chi connectivity index (χ0n) is 14.6. The minimum Gasteiger partial charge on any atom is -0.494 e. The zero-order chi connectivity index (χ0) is 17.1. The maximum absolute atomic E-state index is 11.4. The number of benzene rings is 1. The molecule has 0 bridgehead atoms. The van der Waals surface area contributed by atoms with Crippen LogP contribution in [0.3, 0.4) is 0 Å². The van der Waals surface area contributed by atoms with E-state index in [9.17, 15) is 4.79 Å². The number of rotatable bonds is 8. The summed E-state index contributed by atoms with van der Waals surface area (Å²) in [5, 5.41) is 3.86. The van der Waals surface area contributed by atoms with Crippen LogP contribution in [0.25, 0.3) is 0 Å². The Balaban J connectivity index is 2.33. The summed E-state index contributed by atoms with van der Waals surface area (Å²) in [6, 6.07) is 7.58. The summed E-state index contributed by atoms with van der Waals surface area (Å²) in [5.74, 6) is 0.846. The Kier molecular flexibility index (Phi) is 8.16. The first-order valence-electron chi connectivity index (χ1n) is 8.15. The fourth-order valence-electron chi connectivity index (χ4n) is 1.83. The van der Waals surface area contributed by atoms with Crippen molar-refractivity contribution in [2.24, 2.45) is 5.10 Å². The van der Waals surface area contributed by atoms with E-state index < -0.39 is 11.7 Å². The second-order valence-electron chi connectivity index (χ2n) is 6.35. The lowest BCUT2D eigenvalue weighted by atomic mass is 10.2. The molecule has 1 aromatic rings. The molecule has 0 aliphatic carbocycles. The lowest BCUT2D eigenvalue weighted by Crippen LogP contribution is -2.29. The third-order valence-corrected chi connectivity index (χ3v) is 2.92. The van der Waals surface area contributed by atoms with Gasteiger partial charge in [0, 0.05) is 0 Å². The minimum atomic E-state index is -0.569. The van der Waals surface area contributed by atoms with E-state index in [0.717, 1.165) is 24.3 Å². The number of hydrazone groups is 1. The van der Waals surface area contributed by atoms with E-state index in [4.69, 9.17) is 9.47 Å². The number of carbonyl (C=O) groups is 1. The molecule has 0 fully saturated rings. The predicted octanol–water partition coefficient (Wildman–Crippen LogP) is 4.50. The maximum atomic E-state index is 11.4. The van der Waals surface area contributed by atoms with Crippen molar-refractivity contribution in [3.8, 4) is 5.75 Å².